The zero-order valence-corrected chi connectivity index (χ0v) is 17.1. The lowest BCUT2D eigenvalue weighted by Crippen LogP contribution is -2.35. The van der Waals surface area contributed by atoms with Gasteiger partial charge in [-0.05, 0) is 55.3 Å². The first-order valence-corrected chi connectivity index (χ1v) is 10.8. The van der Waals surface area contributed by atoms with Gasteiger partial charge >= 0.3 is 6.61 Å². The number of carbonyl (C=O) groups excluding carboxylic acids is 1. The largest absolute Gasteiger partial charge is 0.493 e. The van der Waals surface area contributed by atoms with Crippen molar-refractivity contribution in [2.75, 3.05) is 25.5 Å². The first-order valence-electron chi connectivity index (χ1n) is 9.35. The minimum Gasteiger partial charge on any atom is -0.493 e. The van der Waals surface area contributed by atoms with E-state index in [1.54, 1.807) is 0 Å². The molecule has 162 valence electrons. The van der Waals surface area contributed by atoms with Crippen molar-refractivity contribution in [3.63, 3.8) is 0 Å². The lowest BCUT2D eigenvalue weighted by molar-refractivity contribution is -0.0512. The fourth-order valence-corrected chi connectivity index (χ4v) is 4.69. The molecule has 2 aromatic carbocycles. The lowest BCUT2D eigenvalue weighted by atomic mass is 10.2. The molecule has 1 N–H and O–H groups in total. The Bertz CT molecular complexity index is 991. The van der Waals surface area contributed by atoms with Gasteiger partial charge in [0.05, 0.1) is 12.0 Å². The summed E-state index contributed by atoms with van der Waals surface area (Å²) in [5.74, 6) is -0.703. The molecule has 1 heterocycles. The van der Waals surface area contributed by atoms with Gasteiger partial charge in [-0.25, -0.2) is 8.42 Å². The number of rotatable bonds is 7. The molecule has 0 unspecified atom stereocenters. The Balaban J connectivity index is 1.71. The molecule has 0 saturated carbocycles. The van der Waals surface area contributed by atoms with E-state index >= 15 is 0 Å². The Morgan fingerprint density at radius 2 is 1.70 bits per heavy atom. The highest BCUT2D eigenvalue weighted by atomic mass is 32.2. The zero-order chi connectivity index (χ0) is 21.7. The van der Waals surface area contributed by atoms with Crippen molar-refractivity contribution in [1.82, 2.24) is 4.31 Å². The third-order valence-electron chi connectivity index (χ3n) is 4.71. The summed E-state index contributed by atoms with van der Waals surface area (Å²) in [7, 11) is -2.28. The van der Waals surface area contributed by atoms with Crippen LogP contribution in [0.25, 0.3) is 0 Å². The second kappa shape index (κ2) is 9.40. The van der Waals surface area contributed by atoms with Crippen molar-refractivity contribution < 1.29 is 31.5 Å². The van der Waals surface area contributed by atoms with Crippen molar-refractivity contribution in [3.05, 3.63) is 48.0 Å². The monoisotopic (exact) mass is 440 g/mol. The van der Waals surface area contributed by atoms with Crippen molar-refractivity contribution in [1.29, 1.82) is 0 Å². The van der Waals surface area contributed by atoms with Crippen LogP contribution in [0.4, 0.5) is 14.5 Å². The van der Waals surface area contributed by atoms with E-state index in [-0.39, 0.29) is 22.0 Å². The van der Waals surface area contributed by atoms with Crippen LogP contribution in [0.5, 0.6) is 11.5 Å². The van der Waals surface area contributed by atoms with E-state index in [1.807, 2.05) is 0 Å². The summed E-state index contributed by atoms with van der Waals surface area (Å²) < 4.78 is 61.0. The Labute approximate surface area is 173 Å². The van der Waals surface area contributed by atoms with Crippen LogP contribution < -0.4 is 14.8 Å². The van der Waals surface area contributed by atoms with Crippen LogP contribution in [-0.4, -0.2) is 45.4 Å². The third-order valence-corrected chi connectivity index (χ3v) is 6.62. The molecule has 10 heteroatoms. The Morgan fingerprint density at radius 1 is 1.03 bits per heavy atom. The molecule has 2 aromatic rings. The molecular formula is C20H22F2N2O5S. The molecule has 7 nitrogen and oxygen atoms in total. The molecule has 3 rings (SSSR count). The summed E-state index contributed by atoms with van der Waals surface area (Å²) in [5.41, 5.74) is 0.558. The van der Waals surface area contributed by atoms with E-state index < -0.39 is 22.5 Å². The van der Waals surface area contributed by atoms with E-state index in [1.165, 1.54) is 53.9 Å². The van der Waals surface area contributed by atoms with E-state index in [2.05, 4.69) is 10.1 Å². The highest BCUT2D eigenvalue weighted by Crippen LogP contribution is 2.30. The fraction of sp³-hybridized carbons (Fsp3) is 0.350. The van der Waals surface area contributed by atoms with Gasteiger partial charge in [0.15, 0.2) is 11.5 Å². The van der Waals surface area contributed by atoms with Gasteiger partial charge in [-0.3, -0.25) is 4.79 Å². The maximum atomic E-state index is 12.7. The third kappa shape index (κ3) is 5.06. The van der Waals surface area contributed by atoms with Gasteiger partial charge in [0.2, 0.25) is 10.0 Å². The van der Waals surface area contributed by atoms with Gasteiger partial charge in [0.1, 0.15) is 0 Å². The molecule has 0 atom stereocenters. The van der Waals surface area contributed by atoms with Crippen molar-refractivity contribution in [2.24, 2.45) is 0 Å². The SMILES string of the molecule is COc1cc(C(=O)Nc2ccc(S(=O)(=O)N3CCCCC3)cc2)ccc1OC(F)F. The standard InChI is InChI=1S/C20H22F2N2O5S/c1-28-18-13-14(5-10-17(18)29-20(21)22)19(25)23-15-6-8-16(9-7-15)30(26,27)24-11-3-2-4-12-24/h5-10,13,20H,2-4,11-12H2,1H3,(H,23,25). The fourth-order valence-electron chi connectivity index (χ4n) is 3.17. The average molecular weight is 440 g/mol. The summed E-state index contributed by atoms with van der Waals surface area (Å²) in [6.45, 7) is -2.00. The molecule has 1 amide bonds. The molecule has 1 aliphatic rings. The zero-order valence-electron chi connectivity index (χ0n) is 16.3. The second-order valence-electron chi connectivity index (χ2n) is 6.69. The number of hydrogen-bond donors (Lipinski definition) is 1. The number of ether oxygens (including phenoxy) is 2. The molecule has 30 heavy (non-hydrogen) atoms. The molecular weight excluding hydrogens is 418 g/mol. The summed E-state index contributed by atoms with van der Waals surface area (Å²) >= 11 is 0. The molecule has 0 radical (unpaired) electrons. The van der Waals surface area contributed by atoms with E-state index in [9.17, 15) is 22.0 Å². The molecule has 0 spiro atoms. The van der Waals surface area contributed by atoms with Crippen LogP contribution in [0.15, 0.2) is 47.4 Å². The van der Waals surface area contributed by atoms with Gasteiger partial charge < -0.3 is 14.8 Å². The number of nitrogens with one attached hydrogen (secondary N) is 1. The number of methoxy groups -OCH3 is 1. The number of nitrogens with zero attached hydrogens (tertiary/aromatic N) is 1. The number of piperidine rings is 1. The molecule has 1 aliphatic heterocycles. The van der Waals surface area contributed by atoms with Gasteiger partial charge in [0, 0.05) is 24.3 Å². The van der Waals surface area contributed by atoms with Gasteiger partial charge in [-0.2, -0.15) is 13.1 Å². The minimum absolute atomic E-state index is 0.00840. The van der Waals surface area contributed by atoms with Gasteiger partial charge in [-0.1, -0.05) is 6.42 Å². The number of anilines is 1. The average Bonchev–Trinajstić information content (AvgIpc) is 2.74. The quantitative estimate of drug-likeness (QED) is 0.709. The second-order valence-corrected chi connectivity index (χ2v) is 8.63. The summed E-state index contributed by atoms with van der Waals surface area (Å²) in [6, 6.07) is 9.71. The summed E-state index contributed by atoms with van der Waals surface area (Å²) in [6.07, 6.45) is 2.72. The van der Waals surface area contributed by atoms with Crippen LogP contribution in [0.2, 0.25) is 0 Å². The molecule has 0 aromatic heterocycles. The number of amides is 1. The topological polar surface area (TPSA) is 84.9 Å². The number of halogens is 2. The number of sulfonamides is 1. The number of hydrogen-bond acceptors (Lipinski definition) is 5. The van der Waals surface area contributed by atoms with E-state index in [4.69, 9.17) is 4.74 Å². The van der Waals surface area contributed by atoms with Crippen molar-refractivity contribution >= 4 is 21.6 Å². The smallest absolute Gasteiger partial charge is 0.387 e. The van der Waals surface area contributed by atoms with Gasteiger partial charge in [-0.15, -0.1) is 0 Å². The Kier molecular flexibility index (Phi) is 6.88. The molecule has 1 saturated heterocycles. The van der Waals surface area contributed by atoms with Crippen LogP contribution in [-0.2, 0) is 10.0 Å². The van der Waals surface area contributed by atoms with Gasteiger partial charge in [0.25, 0.3) is 5.91 Å². The van der Waals surface area contributed by atoms with Crippen LogP contribution >= 0.6 is 0 Å². The first-order chi connectivity index (χ1) is 14.3. The van der Waals surface area contributed by atoms with E-state index in [0.717, 1.165) is 19.3 Å². The highest BCUT2D eigenvalue weighted by molar-refractivity contribution is 7.89. The number of alkyl halides is 2. The lowest BCUT2D eigenvalue weighted by Gasteiger charge is -2.25. The van der Waals surface area contributed by atoms with E-state index in [0.29, 0.717) is 18.8 Å². The maximum absolute atomic E-state index is 12.7. The normalized spacial score (nSPS) is 15.1. The number of carbonyl (C=O) groups is 1. The first kappa shape index (κ1) is 22.0. The predicted octanol–water partition coefficient (Wildman–Crippen LogP) is 3.72. The minimum atomic E-state index is -3.55. The molecule has 0 bridgehead atoms. The summed E-state index contributed by atoms with van der Waals surface area (Å²) in [4.78, 5) is 12.6. The Hall–Kier alpha value is -2.72. The predicted molar refractivity (Wildman–Crippen MR) is 107 cm³/mol. The molecule has 1 fully saturated rings. The summed E-state index contributed by atoms with van der Waals surface area (Å²) in [5, 5.41) is 2.64. The Morgan fingerprint density at radius 3 is 2.30 bits per heavy atom. The van der Waals surface area contributed by atoms with Crippen LogP contribution in [0.3, 0.4) is 0 Å². The number of benzene rings is 2. The highest BCUT2D eigenvalue weighted by Gasteiger charge is 2.25. The van der Waals surface area contributed by atoms with Crippen molar-refractivity contribution in [3.8, 4) is 11.5 Å². The van der Waals surface area contributed by atoms with Crippen LogP contribution in [0.1, 0.15) is 29.6 Å². The van der Waals surface area contributed by atoms with Crippen LogP contribution in [0, 0.1) is 0 Å². The molecule has 0 aliphatic carbocycles. The van der Waals surface area contributed by atoms with Crippen molar-refractivity contribution in [2.45, 2.75) is 30.8 Å². The maximum Gasteiger partial charge on any atom is 0.387 e.